The van der Waals surface area contributed by atoms with Crippen LogP contribution in [0.25, 0.3) is 11.5 Å². The van der Waals surface area contributed by atoms with E-state index in [4.69, 9.17) is 13.9 Å². The number of benzene rings is 2. The lowest BCUT2D eigenvalue weighted by Gasteiger charge is -2.26. The largest absolute Gasteiger partial charge is 0.497 e. The first-order valence-electron chi connectivity index (χ1n) is 8.97. The van der Waals surface area contributed by atoms with Crippen molar-refractivity contribution < 1.29 is 26.7 Å². The summed E-state index contributed by atoms with van der Waals surface area (Å²) in [6.45, 7) is 1.84. The van der Waals surface area contributed by atoms with E-state index in [-0.39, 0.29) is 21.7 Å². The van der Waals surface area contributed by atoms with Gasteiger partial charge in [0.15, 0.2) is 0 Å². The second kappa shape index (κ2) is 7.84. The van der Waals surface area contributed by atoms with Crippen molar-refractivity contribution in [3.63, 3.8) is 0 Å². The molecule has 1 aromatic heterocycles. The van der Waals surface area contributed by atoms with Gasteiger partial charge in [0.2, 0.25) is 26.6 Å². The molecule has 7 nitrogen and oxygen atoms in total. The van der Waals surface area contributed by atoms with Gasteiger partial charge in [-0.3, -0.25) is 0 Å². The molecule has 0 aliphatic carbocycles. The number of hydrogen-bond donors (Lipinski definition) is 0. The molecule has 2 heterocycles. The number of morpholine rings is 1. The van der Waals surface area contributed by atoms with Crippen LogP contribution in [0.5, 0.6) is 5.75 Å². The first kappa shape index (κ1) is 19.4. The van der Waals surface area contributed by atoms with Crippen LogP contribution in [-0.4, -0.2) is 46.8 Å². The lowest BCUT2D eigenvalue weighted by atomic mass is 10.2. The number of rotatable bonds is 5. The highest BCUT2D eigenvalue weighted by Crippen LogP contribution is 2.35. The van der Waals surface area contributed by atoms with Crippen LogP contribution in [0.15, 0.2) is 62.9 Å². The van der Waals surface area contributed by atoms with Crippen molar-refractivity contribution in [2.24, 2.45) is 0 Å². The van der Waals surface area contributed by atoms with E-state index in [0.717, 1.165) is 12.1 Å². The van der Waals surface area contributed by atoms with E-state index in [2.05, 4.69) is 4.98 Å². The number of nitrogens with zero attached hydrogens (tertiary/aromatic N) is 2. The predicted molar refractivity (Wildman–Crippen MR) is 103 cm³/mol. The van der Waals surface area contributed by atoms with Gasteiger partial charge in [-0.25, -0.2) is 12.8 Å². The number of halogens is 1. The summed E-state index contributed by atoms with van der Waals surface area (Å²) in [6, 6.07) is 11.6. The molecule has 0 radical (unpaired) electrons. The Hall–Kier alpha value is -2.91. The van der Waals surface area contributed by atoms with Gasteiger partial charge in [0.25, 0.3) is 0 Å². The fourth-order valence-electron chi connectivity index (χ4n) is 3.04. The molecule has 0 saturated carbocycles. The number of aromatic nitrogens is 1. The van der Waals surface area contributed by atoms with Gasteiger partial charge in [-0.2, -0.15) is 4.98 Å². The fourth-order valence-corrected chi connectivity index (χ4v) is 4.37. The van der Waals surface area contributed by atoms with Gasteiger partial charge >= 0.3 is 0 Å². The van der Waals surface area contributed by atoms with Crippen LogP contribution in [0.2, 0.25) is 0 Å². The van der Waals surface area contributed by atoms with E-state index in [1.54, 1.807) is 29.2 Å². The van der Waals surface area contributed by atoms with Crippen LogP contribution >= 0.6 is 0 Å². The molecule has 0 N–H and O–H groups in total. The van der Waals surface area contributed by atoms with Crippen LogP contribution in [0.3, 0.4) is 0 Å². The third-order valence-electron chi connectivity index (χ3n) is 4.57. The average molecular weight is 418 g/mol. The van der Waals surface area contributed by atoms with Crippen molar-refractivity contribution >= 4 is 15.7 Å². The lowest BCUT2D eigenvalue weighted by molar-refractivity contribution is 0.120. The van der Waals surface area contributed by atoms with Crippen molar-refractivity contribution in [2.75, 3.05) is 38.3 Å². The normalized spacial score (nSPS) is 14.8. The summed E-state index contributed by atoms with van der Waals surface area (Å²) in [7, 11) is -2.48. The summed E-state index contributed by atoms with van der Waals surface area (Å²) in [5.41, 5.74) is 0.583. The number of methoxy groups -OCH3 is 1. The van der Waals surface area contributed by atoms with Gasteiger partial charge in [-0.1, -0.05) is 6.07 Å². The Labute approximate surface area is 167 Å². The summed E-state index contributed by atoms with van der Waals surface area (Å²) < 4.78 is 56.3. The van der Waals surface area contributed by atoms with Crippen molar-refractivity contribution in [3.05, 3.63) is 54.3 Å². The maximum absolute atomic E-state index is 13.3. The highest BCUT2D eigenvalue weighted by Gasteiger charge is 2.32. The molecule has 29 heavy (non-hydrogen) atoms. The Kier molecular flexibility index (Phi) is 5.25. The van der Waals surface area contributed by atoms with Gasteiger partial charge in [0.1, 0.15) is 11.6 Å². The van der Waals surface area contributed by atoms with Crippen LogP contribution in [0.4, 0.5) is 10.3 Å². The molecular formula is C20H19FN2O5S. The first-order valence-corrected chi connectivity index (χ1v) is 10.5. The molecule has 1 aliphatic rings. The quantitative estimate of drug-likeness (QED) is 0.589. The molecule has 0 amide bonds. The highest BCUT2D eigenvalue weighted by atomic mass is 32.2. The van der Waals surface area contributed by atoms with Crippen molar-refractivity contribution in [3.8, 4) is 17.2 Å². The number of anilines is 1. The van der Waals surface area contributed by atoms with E-state index < -0.39 is 15.7 Å². The molecule has 152 valence electrons. The van der Waals surface area contributed by atoms with Gasteiger partial charge in [0.05, 0.1) is 25.2 Å². The Balaban J connectivity index is 1.84. The molecule has 9 heteroatoms. The van der Waals surface area contributed by atoms with Gasteiger partial charge in [-0.15, -0.1) is 0 Å². The van der Waals surface area contributed by atoms with E-state index in [1.165, 1.54) is 19.2 Å². The van der Waals surface area contributed by atoms with E-state index in [0.29, 0.717) is 37.6 Å². The van der Waals surface area contributed by atoms with Crippen molar-refractivity contribution in [1.82, 2.24) is 4.98 Å². The first-order chi connectivity index (χ1) is 14.0. The number of hydrogen-bond acceptors (Lipinski definition) is 7. The highest BCUT2D eigenvalue weighted by molar-refractivity contribution is 7.91. The predicted octanol–water partition coefficient (Wildman–Crippen LogP) is 3.16. The maximum Gasteiger partial charge on any atom is 0.236 e. The summed E-state index contributed by atoms with van der Waals surface area (Å²) in [5.74, 6) is 0.382. The fraction of sp³-hybridized carbons (Fsp3) is 0.250. The van der Waals surface area contributed by atoms with Crippen LogP contribution in [0.1, 0.15) is 0 Å². The lowest BCUT2D eigenvalue weighted by Crippen LogP contribution is -2.36. The van der Waals surface area contributed by atoms with E-state index in [9.17, 15) is 12.8 Å². The minimum absolute atomic E-state index is 0.0566. The maximum atomic E-state index is 13.3. The van der Waals surface area contributed by atoms with Crippen LogP contribution in [0, 0.1) is 5.82 Å². The Morgan fingerprint density at radius 3 is 2.52 bits per heavy atom. The smallest absolute Gasteiger partial charge is 0.236 e. The van der Waals surface area contributed by atoms with Gasteiger partial charge in [-0.05, 0) is 42.5 Å². The average Bonchev–Trinajstić information content (AvgIpc) is 3.21. The van der Waals surface area contributed by atoms with Crippen molar-refractivity contribution in [2.45, 2.75) is 9.92 Å². The molecule has 0 spiro atoms. The second-order valence-corrected chi connectivity index (χ2v) is 8.28. The molecule has 0 bridgehead atoms. The van der Waals surface area contributed by atoms with E-state index in [1.807, 2.05) is 0 Å². The minimum atomic E-state index is -4.02. The third-order valence-corrected chi connectivity index (χ3v) is 6.24. The van der Waals surface area contributed by atoms with Crippen LogP contribution in [-0.2, 0) is 14.6 Å². The number of sulfone groups is 1. The van der Waals surface area contributed by atoms with Gasteiger partial charge in [0, 0.05) is 18.7 Å². The van der Waals surface area contributed by atoms with Crippen LogP contribution < -0.4 is 9.64 Å². The van der Waals surface area contributed by atoms with Gasteiger partial charge < -0.3 is 18.8 Å². The summed E-state index contributed by atoms with van der Waals surface area (Å²) in [5, 5.41) is -0.205. The Morgan fingerprint density at radius 1 is 1.10 bits per heavy atom. The third kappa shape index (κ3) is 3.83. The monoisotopic (exact) mass is 418 g/mol. The zero-order valence-corrected chi connectivity index (χ0v) is 16.5. The Morgan fingerprint density at radius 2 is 1.83 bits per heavy atom. The molecule has 0 unspecified atom stereocenters. The molecule has 1 saturated heterocycles. The molecule has 0 atom stereocenters. The number of ether oxygens (including phenoxy) is 2. The second-order valence-electron chi connectivity index (χ2n) is 6.42. The minimum Gasteiger partial charge on any atom is -0.497 e. The Bertz CT molecular complexity index is 1110. The molecule has 1 fully saturated rings. The zero-order valence-electron chi connectivity index (χ0n) is 15.7. The standard InChI is InChI=1S/C20H19FN2O5S/c1-26-16-4-2-3-14(13-16)18-22-19(20(28-18)23-9-11-27-12-10-23)29(24,25)17-7-5-15(21)6-8-17/h2-8,13H,9-12H2,1H3. The topological polar surface area (TPSA) is 81.9 Å². The molecular weight excluding hydrogens is 399 g/mol. The molecule has 2 aromatic carbocycles. The molecule has 4 rings (SSSR count). The molecule has 1 aliphatic heterocycles. The SMILES string of the molecule is COc1cccc(-c2nc(S(=O)(=O)c3ccc(F)cc3)c(N3CCOCC3)o2)c1. The summed E-state index contributed by atoms with van der Waals surface area (Å²) in [4.78, 5) is 6.05. The summed E-state index contributed by atoms with van der Waals surface area (Å²) in [6.07, 6.45) is 0. The number of oxazole rings is 1. The van der Waals surface area contributed by atoms with E-state index >= 15 is 0 Å². The zero-order chi connectivity index (χ0) is 20.4. The molecule has 3 aromatic rings. The van der Waals surface area contributed by atoms with Crippen molar-refractivity contribution in [1.29, 1.82) is 0 Å². The summed E-state index contributed by atoms with van der Waals surface area (Å²) >= 11 is 0.